The summed E-state index contributed by atoms with van der Waals surface area (Å²) >= 11 is 6.10. The van der Waals surface area contributed by atoms with Crippen LogP contribution in [0.2, 0.25) is 5.02 Å². The Morgan fingerprint density at radius 1 is 1.29 bits per heavy atom. The Kier molecular flexibility index (Phi) is 3.49. The number of pyridine rings is 1. The Balaban J connectivity index is 2.10. The topological polar surface area (TPSA) is 45.1 Å². The molecule has 1 aromatic heterocycles. The molecule has 0 aliphatic carbocycles. The predicted octanol–water partition coefficient (Wildman–Crippen LogP) is 3.36. The van der Waals surface area contributed by atoms with Crippen molar-refractivity contribution in [3.8, 4) is 5.75 Å². The van der Waals surface area contributed by atoms with Crippen molar-refractivity contribution in [1.29, 1.82) is 0 Å². The first-order chi connectivity index (χ1) is 8.16. The molecule has 0 fully saturated rings. The summed E-state index contributed by atoms with van der Waals surface area (Å²) in [5.74, 6) is 0.169. The first-order valence-corrected chi connectivity index (χ1v) is 5.67. The number of nitrogens with one attached hydrogen (secondary N) is 1. The van der Waals surface area contributed by atoms with Gasteiger partial charge in [0.05, 0.1) is 29.1 Å². The highest BCUT2D eigenvalue weighted by atomic mass is 35.5. The number of rotatable bonds is 3. The van der Waals surface area contributed by atoms with Gasteiger partial charge in [-0.05, 0) is 30.7 Å². The van der Waals surface area contributed by atoms with Gasteiger partial charge >= 0.3 is 0 Å². The summed E-state index contributed by atoms with van der Waals surface area (Å²) in [4.78, 5) is 4.10. The van der Waals surface area contributed by atoms with Crippen molar-refractivity contribution in [1.82, 2.24) is 4.98 Å². The van der Waals surface area contributed by atoms with Crippen LogP contribution >= 0.6 is 11.6 Å². The fraction of sp³-hybridized carbons (Fsp3) is 0.154. The molecule has 3 nitrogen and oxygen atoms in total. The van der Waals surface area contributed by atoms with E-state index in [1.165, 1.54) is 6.20 Å². The van der Waals surface area contributed by atoms with E-state index in [1.807, 2.05) is 25.1 Å². The minimum absolute atomic E-state index is 0.169. The molecule has 88 valence electrons. The highest BCUT2D eigenvalue weighted by Gasteiger charge is 2.03. The maximum absolute atomic E-state index is 9.13. The minimum Gasteiger partial charge on any atom is -0.506 e. The van der Waals surface area contributed by atoms with Crippen molar-refractivity contribution in [2.24, 2.45) is 0 Å². The van der Waals surface area contributed by atoms with Crippen molar-refractivity contribution < 1.29 is 5.11 Å². The van der Waals surface area contributed by atoms with E-state index in [9.17, 15) is 0 Å². The van der Waals surface area contributed by atoms with Gasteiger partial charge in [-0.3, -0.25) is 4.98 Å². The number of halogens is 1. The molecule has 0 saturated carbocycles. The molecule has 0 aliphatic rings. The van der Waals surface area contributed by atoms with Gasteiger partial charge in [0, 0.05) is 0 Å². The van der Waals surface area contributed by atoms with Gasteiger partial charge in [-0.25, -0.2) is 0 Å². The molecule has 0 amide bonds. The second-order valence-corrected chi connectivity index (χ2v) is 4.20. The van der Waals surface area contributed by atoms with Gasteiger partial charge in [-0.1, -0.05) is 23.7 Å². The average molecular weight is 249 g/mol. The zero-order chi connectivity index (χ0) is 12.3. The lowest BCUT2D eigenvalue weighted by molar-refractivity contribution is 0.472. The van der Waals surface area contributed by atoms with E-state index in [4.69, 9.17) is 16.7 Å². The van der Waals surface area contributed by atoms with Crippen molar-refractivity contribution in [2.75, 3.05) is 5.32 Å². The molecular weight excluding hydrogens is 236 g/mol. The molecule has 0 radical (unpaired) electrons. The van der Waals surface area contributed by atoms with Crippen LogP contribution in [0, 0.1) is 6.92 Å². The van der Waals surface area contributed by atoms with Crippen molar-refractivity contribution >= 4 is 17.3 Å². The molecule has 0 atom stereocenters. The minimum atomic E-state index is 0.169. The molecule has 2 aromatic rings. The van der Waals surface area contributed by atoms with Crippen LogP contribution in [0.25, 0.3) is 0 Å². The van der Waals surface area contributed by atoms with E-state index in [-0.39, 0.29) is 5.75 Å². The smallest absolute Gasteiger partial charge is 0.133 e. The molecule has 2 rings (SSSR count). The first kappa shape index (κ1) is 11.7. The second-order valence-electron chi connectivity index (χ2n) is 3.79. The van der Waals surface area contributed by atoms with Gasteiger partial charge in [0.15, 0.2) is 0 Å². The Morgan fingerprint density at radius 3 is 2.76 bits per heavy atom. The Hall–Kier alpha value is -1.74. The Morgan fingerprint density at radius 2 is 2.12 bits per heavy atom. The van der Waals surface area contributed by atoms with E-state index in [0.29, 0.717) is 11.6 Å². The van der Waals surface area contributed by atoms with Crippen LogP contribution in [-0.2, 0) is 6.54 Å². The lowest BCUT2D eigenvalue weighted by Crippen LogP contribution is -2.03. The van der Waals surface area contributed by atoms with Gasteiger partial charge in [-0.2, -0.15) is 0 Å². The fourth-order valence-electron chi connectivity index (χ4n) is 1.56. The molecule has 1 aromatic carbocycles. The Bertz CT molecular complexity index is 491. The largest absolute Gasteiger partial charge is 0.506 e. The molecule has 0 aliphatic heterocycles. The van der Waals surface area contributed by atoms with E-state index in [0.717, 1.165) is 16.9 Å². The summed E-state index contributed by atoms with van der Waals surface area (Å²) in [6.07, 6.45) is 1.43. The summed E-state index contributed by atoms with van der Waals surface area (Å²) < 4.78 is 0. The summed E-state index contributed by atoms with van der Waals surface area (Å²) in [5.41, 5.74) is 2.86. The monoisotopic (exact) mass is 248 g/mol. The van der Waals surface area contributed by atoms with Crippen LogP contribution < -0.4 is 5.32 Å². The first-order valence-electron chi connectivity index (χ1n) is 5.29. The predicted molar refractivity (Wildman–Crippen MR) is 69.4 cm³/mol. The van der Waals surface area contributed by atoms with Gasteiger partial charge < -0.3 is 10.4 Å². The summed E-state index contributed by atoms with van der Waals surface area (Å²) in [5, 5.41) is 13.1. The maximum atomic E-state index is 9.13. The van der Waals surface area contributed by atoms with Crippen LogP contribution in [0.15, 0.2) is 36.5 Å². The van der Waals surface area contributed by atoms with Crippen molar-refractivity contribution in [3.63, 3.8) is 0 Å². The third-order valence-corrected chi connectivity index (χ3v) is 2.79. The molecule has 17 heavy (non-hydrogen) atoms. The number of hydrogen-bond acceptors (Lipinski definition) is 3. The SMILES string of the molecule is Cc1cccc(Cl)c1NCc1ccc(O)cn1. The summed E-state index contributed by atoms with van der Waals surface area (Å²) in [7, 11) is 0. The van der Waals surface area contributed by atoms with Crippen LogP contribution in [0.4, 0.5) is 5.69 Å². The molecule has 0 spiro atoms. The van der Waals surface area contributed by atoms with Crippen LogP contribution in [-0.4, -0.2) is 10.1 Å². The number of anilines is 1. The highest BCUT2D eigenvalue weighted by Crippen LogP contribution is 2.25. The number of aromatic hydroxyl groups is 1. The van der Waals surface area contributed by atoms with Gasteiger partial charge in [0.1, 0.15) is 5.75 Å². The number of aryl methyl sites for hydroxylation is 1. The van der Waals surface area contributed by atoms with Crippen LogP contribution in [0.1, 0.15) is 11.3 Å². The third-order valence-electron chi connectivity index (χ3n) is 2.48. The van der Waals surface area contributed by atoms with E-state index in [2.05, 4.69) is 10.3 Å². The molecule has 0 unspecified atom stereocenters. The number of hydrogen-bond donors (Lipinski definition) is 2. The Labute approximate surface area is 105 Å². The average Bonchev–Trinajstić information content (AvgIpc) is 2.31. The molecule has 0 saturated heterocycles. The lowest BCUT2D eigenvalue weighted by atomic mass is 10.2. The van der Waals surface area contributed by atoms with Gasteiger partial charge in [0.2, 0.25) is 0 Å². The van der Waals surface area contributed by atoms with E-state index >= 15 is 0 Å². The zero-order valence-electron chi connectivity index (χ0n) is 9.44. The third kappa shape index (κ3) is 2.88. The molecular formula is C13H13ClN2O. The van der Waals surface area contributed by atoms with E-state index in [1.54, 1.807) is 12.1 Å². The second kappa shape index (κ2) is 5.06. The quantitative estimate of drug-likeness (QED) is 0.876. The molecule has 4 heteroatoms. The lowest BCUT2D eigenvalue weighted by Gasteiger charge is -2.10. The van der Waals surface area contributed by atoms with Crippen molar-refractivity contribution in [3.05, 3.63) is 52.8 Å². The standard InChI is InChI=1S/C13H13ClN2O/c1-9-3-2-4-12(14)13(9)16-7-10-5-6-11(17)8-15-10/h2-6,8,16-17H,7H2,1H3. The number of aromatic nitrogens is 1. The fourth-order valence-corrected chi connectivity index (χ4v) is 1.84. The van der Waals surface area contributed by atoms with Crippen LogP contribution in [0.3, 0.4) is 0 Å². The summed E-state index contributed by atoms with van der Waals surface area (Å²) in [6.45, 7) is 2.57. The highest BCUT2D eigenvalue weighted by molar-refractivity contribution is 6.33. The molecule has 0 bridgehead atoms. The normalized spacial score (nSPS) is 10.2. The van der Waals surface area contributed by atoms with Crippen molar-refractivity contribution in [2.45, 2.75) is 13.5 Å². The molecule has 2 N–H and O–H groups in total. The van der Waals surface area contributed by atoms with Crippen LogP contribution in [0.5, 0.6) is 5.75 Å². The number of benzene rings is 1. The van der Waals surface area contributed by atoms with Gasteiger partial charge in [0.25, 0.3) is 0 Å². The van der Waals surface area contributed by atoms with Gasteiger partial charge in [-0.15, -0.1) is 0 Å². The summed E-state index contributed by atoms with van der Waals surface area (Å²) in [6, 6.07) is 9.15. The molecule has 1 heterocycles. The maximum Gasteiger partial charge on any atom is 0.133 e. The van der Waals surface area contributed by atoms with E-state index < -0.39 is 0 Å². The number of nitrogens with zero attached hydrogens (tertiary/aromatic N) is 1. The number of para-hydroxylation sites is 1. The zero-order valence-corrected chi connectivity index (χ0v) is 10.2.